The van der Waals surface area contributed by atoms with Crippen molar-refractivity contribution in [3.63, 3.8) is 0 Å². The average Bonchev–Trinajstić information content (AvgIpc) is 2.29. The molecule has 4 nitrogen and oxygen atoms in total. The molecular weight excluding hydrogens is 283 g/mol. The summed E-state index contributed by atoms with van der Waals surface area (Å²) < 4.78 is 26.2. The van der Waals surface area contributed by atoms with Crippen molar-refractivity contribution in [3.05, 3.63) is 28.2 Å². The summed E-state index contributed by atoms with van der Waals surface area (Å²) in [6.45, 7) is 2.05. The van der Waals surface area contributed by atoms with E-state index in [-0.39, 0.29) is 22.5 Å². The zero-order valence-corrected chi connectivity index (χ0v) is 11.6. The van der Waals surface area contributed by atoms with Crippen molar-refractivity contribution in [1.82, 2.24) is 4.72 Å². The second-order valence-electron chi connectivity index (χ2n) is 3.59. The van der Waals surface area contributed by atoms with E-state index in [4.69, 9.17) is 28.9 Å². The fraction of sp³-hybridized carbons (Fsp3) is 0.400. The van der Waals surface area contributed by atoms with Crippen LogP contribution in [0.15, 0.2) is 23.1 Å². The van der Waals surface area contributed by atoms with Gasteiger partial charge in [0.05, 0.1) is 5.02 Å². The Labute approximate surface area is 111 Å². The van der Waals surface area contributed by atoms with E-state index >= 15 is 0 Å². The van der Waals surface area contributed by atoms with Gasteiger partial charge in [-0.15, -0.1) is 0 Å². The van der Waals surface area contributed by atoms with Gasteiger partial charge >= 0.3 is 0 Å². The van der Waals surface area contributed by atoms with E-state index < -0.39 is 10.0 Å². The first-order valence-corrected chi connectivity index (χ1v) is 7.31. The number of nitrogens with one attached hydrogen (secondary N) is 1. The number of rotatable bonds is 5. The van der Waals surface area contributed by atoms with Crippen LogP contribution in [0.5, 0.6) is 0 Å². The van der Waals surface area contributed by atoms with Crippen LogP contribution in [0.4, 0.5) is 0 Å². The van der Waals surface area contributed by atoms with Crippen LogP contribution >= 0.6 is 23.2 Å². The molecule has 7 heteroatoms. The topological polar surface area (TPSA) is 72.2 Å². The number of benzene rings is 1. The van der Waals surface area contributed by atoms with Gasteiger partial charge in [0.2, 0.25) is 10.0 Å². The fourth-order valence-corrected chi connectivity index (χ4v) is 2.98. The third-order valence-corrected chi connectivity index (χ3v) is 4.38. The van der Waals surface area contributed by atoms with Crippen molar-refractivity contribution in [3.8, 4) is 0 Å². The lowest BCUT2D eigenvalue weighted by Gasteiger charge is -2.12. The van der Waals surface area contributed by atoms with Gasteiger partial charge in [0.25, 0.3) is 0 Å². The molecule has 0 amide bonds. The zero-order chi connectivity index (χ0) is 13.1. The van der Waals surface area contributed by atoms with Crippen LogP contribution in [0.2, 0.25) is 10.0 Å². The first-order valence-electron chi connectivity index (χ1n) is 5.07. The van der Waals surface area contributed by atoms with Crippen molar-refractivity contribution in [2.24, 2.45) is 5.73 Å². The molecular formula is C10H14Cl2N2O2S. The Bertz CT molecular complexity index is 491. The minimum atomic E-state index is -3.66. The molecule has 0 aliphatic carbocycles. The van der Waals surface area contributed by atoms with E-state index in [1.165, 1.54) is 18.2 Å². The molecule has 17 heavy (non-hydrogen) atoms. The molecule has 0 aliphatic rings. The highest BCUT2D eigenvalue weighted by Gasteiger charge is 2.18. The van der Waals surface area contributed by atoms with Crippen molar-refractivity contribution in [1.29, 1.82) is 0 Å². The van der Waals surface area contributed by atoms with Crippen LogP contribution in [-0.4, -0.2) is 21.0 Å². The monoisotopic (exact) mass is 296 g/mol. The standard InChI is InChI=1S/C10H14Cl2N2O2S/c1-2-8(13)6-14-17(15,16)10-5-7(11)3-4-9(10)12/h3-5,8,14H,2,6,13H2,1H3. The largest absolute Gasteiger partial charge is 0.327 e. The smallest absolute Gasteiger partial charge is 0.242 e. The van der Waals surface area contributed by atoms with Crippen LogP contribution in [0, 0.1) is 0 Å². The van der Waals surface area contributed by atoms with Gasteiger partial charge in [-0.3, -0.25) is 0 Å². The summed E-state index contributed by atoms with van der Waals surface area (Å²) in [6.07, 6.45) is 0.686. The van der Waals surface area contributed by atoms with Crippen molar-refractivity contribution in [2.45, 2.75) is 24.3 Å². The molecule has 0 bridgehead atoms. The minimum absolute atomic E-state index is 0.0324. The summed E-state index contributed by atoms with van der Waals surface area (Å²) in [4.78, 5) is -0.0324. The fourth-order valence-electron chi connectivity index (χ4n) is 1.12. The van der Waals surface area contributed by atoms with Gasteiger partial charge in [-0.2, -0.15) is 0 Å². The van der Waals surface area contributed by atoms with Gasteiger partial charge < -0.3 is 5.73 Å². The summed E-state index contributed by atoms with van der Waals surface area (Å²) in [5.74, 6) is 0. The molecule has 0 spiro atoms. The molecule has 3 N–H and O–H groups in total. The highest BCUT2D eigenvalue weighted by atomic mass is 35.5. The molecule has 0 saturated heterocycles. The maximum absolute atomic E-state index is 11.9. The third kappa shape index (κ3) is 4.12. The molecule has 1 aromatic carbocycles. The van der Waals surface area contributed by atoms with E-state index in [2.05, 4.69) is 4.72 Å². The normalized spacial score (nSPS) is 13.6. The number of hydrogen-bond donors (Lipinski definition) is 2. The van der Waals surface area contributed by atoms with E-state index in [1.807, 2.05) is 6.92 Å². The van der Waals surface area contributed by atoms with Crippen molar-refractivity contribution in [2.75, 3.05) is 6.54 Å². The lowest BCUT2D eigenvalue weighted by atomic mass is 10.2. The van der Waals surface area contributed by atoms with Gasteiger partial charge in [-0.05, 0) is 24.6 Å². The van der Waals surface area contributed by atoms with Crippen LogP contribution in [0.3, 0.4) is 0 Å². The number of sulfonamides is 1. The zero-order valence-electron chi connectivity index (χ0n) is 9.28. The molecule has 0 saturated carbocycles. The second-order valence-corrected chi connectivity index (χ2v) is 6.17. The van der Waals surface area contributed by atoms with Crippen LogP contribution < -0.4 is 10.5 Å². The summed E-state index contributed by atoms with van der Waals surface area (Å²) in [5.41, 5.74) is 5.64. The molecule has 0 radical (unpaired) electrons. The maximum Gasteiger partial charge on any atom is 0.242 e. The SMILES string of the molecule is CCC(N)CNS(=O)(=O)c1cc(Cl)ccc1Cl. The van der Waals surface area contributed by atoms with E-state index in [1.54, 1.807) is 0 Å². The van der Waals surface area contributed by atoms with E-state index in [0.29, 0.717) is 11.4 Å². The molecule has 1 rings (SSSR count). The van der Waals surface area contributed by atoms with Gasteiger partial charge in [0, 0.05) is 17.6 Å². The van der Waals surface area contributed by atoms with E-state index in [0.717, 1.165) is 0 Å². The summed E-state index contributed by atoms with van der Waals surface area (Å²) in [7, 11) is -3.66. The maximum atomic E-state index is 11.9. The average molecular weight is 297 g/mol. The third-order valence-electron chi connectivity index (χ3n) is 2.24. The lowest BCUT2D eigenvalue weighted by molar-refractivity contribution is 0.564. The molecule has 1 unspecified atom stereocenters. The van der Waals surface area contributed by atoms with Crippen LogP contribution in [0.1, 0.15) is 13.3 Å². The molecule has 0 fully saturated rings. The number of halogens is 2. The highest BCUT2D eigenvalue weighted by Crippen LogP contribution is 2.24. The van der Waals surface area contributed by atoms with Crippen LogP contribution in [-0.2, 0) is 10.0 Å². The molecule has 1 aromatic rings. The van der Waals surface area contributed by atoms with Crippen molar-refractivity contribution < 1.29 is 8.42 Å². The molecule has 0 heterocycles. The molecule has 96 valence electrons. The Balaban J connectivity index is 2.93. The molecule has 0 aromatic heterocycles. The Morgan fingerprint density at radius 2 is 2.06 bits per heavy atom. The summed E-state index contributed by atoms with van der Waals surface area (Å²) in [5, 5.41) is 0.446. The highest BCUT2D eigenvalue weighted by molar-refractivity contribution is 7.89. The number of nitrogens with two attached hydrogens (primary N) is 1. The van der Waals surface area contributed by atoms with Gasteiger partial charge in [0.1, 0.15) is 4.90 Å². The van der Waals surface area contributed by atoms with Crippen molar-refractivity contribution >= 4 is 33.2 Å². The number of hydrogen-bond acceptors (Lipinski definition) is 3. The lowest BCUT2D eigenvalue weighted by Crippen LogP contribution is -2.36. The quantitative estimate of drug-likeness (QED) is 0.873. The summed E-state index contributed by atoms with van der Waals surface area (Å²) in [6, 6.07) is 4.06. The molecule has 0 aliphatic heterocycles. The molecule has 1 atom stereocenters. The Hall–Kier alpha value is -0.330. The predicted molar refractivity (Wildman–Crippen MR) is 69.9 cm³/mol. The Morgan fingerprint density at radius 3 is 2.65 bits per heavy atom. The second kappa shape index (κ2) is 6.02. The van der Waals surface area contributed by atoms with Gasteiger partial charge in [-0.1, -0.05) is 30.1 Å². The Morgan fingerprint density at radius 1 is 1.41 bits per heavy atom. The first kappa shape index (κ1) is 14.7. The van der Waals surface area contributed by atoms with Gasteiger partial charge in [-0.25, -0.2) is 13.1 Å². The van der Waals surface area contributed by atoms with Crippen LogP contribution in [0.25, 0.3) is 0 Å². The minimum Gasteiger partial charge on any atom is -0.327 e. The Kier molecular flexibility index (Phi) is 5.22. The predicted octanol–water partition coefficient (Wildman–Crippen LogP) is 2.01. The van der Waals surface area contributed by atoms with E-state index in [9.17, 15) is 8.42 Å². The summed E-state index contributed by atoms with van der Waals surface area (Å²) >= 11 is 11.6. The van der Waals surface area contributed by atoms with Gasteiger partial charge in [0.15, 0.2) is 0 Å². The first-order chi connectivity index (χ1) is 7.86.